The molecule has 1 atom stereocenters. The molecule has 2 heterocycles. The molecule has 1 saturated heterocycles. The van der Waals surface area contributed by atoms with E-state index >= 15 is 0 Å². The summed E-state index contributed by atoms with van der Waals surface area (Å²) in [6.45, 7) is 4.05. The van der Waals surface area contributed by atoms with E-state index in [1.807, 2.05) is 0 Å². The van der Waals surface area contributed by atoms with Gasteiger partial charge >= 0.3 is 0 Å². The first-order chi connectivity index (χ1) is 8.58. The molecule has 1 unspecified atom stereocenters. The maximum atomic E-state index is 11.8. The number of aryl methyl sites for hydroxylation is 2. The van der Waals surface area contributed by atoms with Crippen molar-refractivity contribution in [1.82, 2.24) is 10.9 Å². The highest BCUT2D eigenvalue weighted by Crippen LogP contribution is 2.13. The first-order valence-corrected chi connectivity index (χ1v) is 5.87. The van der Waals surface area contributed by atoms with Crippen molar-refractivity contribution in [3.63, 3.8) is 0 Å². The summed E-state index contributed by atoms with van der Waals surface area (Å²) >= 11 is 0. The van der Waals surface area contributed by atoms with E-state index in [0.29, 0.717) is 30.1 Å². The van der Waals surface area contributed by atoms with Crippen LogP contribution in [0, 0.1) is 13.8 Å². The van der Waals surface area contributed by atoms with E-state index in [2.05, 4.69) is 10.9 Å². The first kappa shape index (κ1) is 12.6. The molecule has 1 fully saturated rings. The fraction of sp³-hybridized carbons (Fsp3) is 0.500. The third-order valence-electron chi connectivity index (χ3n) is 2.81. The van der Waals surface area contributed by atoms with Gasteiger partial charge in [-0.15, -0.1) is 0 Å². The molecule has 0 radical (unpaired) electrons. The van der Waals surface area contributed by atoms with Crippen molar-refractivity contribution < 1.29 is 18.7 Å². The van der Waals surface area contributed by atoms with Gasteiger partial charge in [0.1, 0.15) is 17.6 Å². The molecule has 1 aliphatic rings. The van der Waals surface area contributed by atoms with Crippen LogP contribution in [0.3, 0.4) is 0 Å². The van der Waals surface area contributed by atoms with Crippen LogP contribution < -0.4 is 10.9 Å². The van der Waals surface area contributed by atoms with Crippen LogP contribution in [0.2, 0.25) is 0 Å². The van der Waals surface area contributed by atoms with Crippen LogP contribution in [-0.2, 0) is 9.53 Å². The Hall–Kier alpha value is -1.82. The Bertz CT molecular complexity index is 461. The monoisotopic (exact) mass is 252 g/mol. The molecule has 1 aromatic rings. The number of furan rings is 1. The van der Waals surface area contributed by atoms with E-state index in [4.69, 9.17) is 9.15 Å². The van der Waals surface area contributed by atoms with Gasteiger partial charge in [0.15, 0.2) is 0 Å². The average Bonchev–Trinajstić information content (AvgIpc) is 2.95. The van der Waals surface area contributed by atoms with Gasteiger partial charge in [0.05, 0.1) is 5.56 Å². The maximum Gasteiger partial charge on any atom is 0.273 e. The fourth-order valence-electron chi connectivity index (χ4n) is 1.91. The predicted molar refractivity (Wildman–Crippen MR) is 62.8 cm³/mol. The van der Waals surface area contributed by atoms with Crippen LogP contribution in [0.25, 0.3) is 0 Å². The van der Waals surface area contributed by atoms with E-state index in [0.717, 1.165) is 6.42 Å². The molecule has 18 heavy (non-hydrogen) atoms. The lowest BCUT2D eigenvalue weighted by Gasteiger charge is -2.10. The zero-order chi connectivity index (χ0) is 13.1. The highest BCUT2D eigenvalue weighted by atomic mass is 16.5. The highest BCUT2D eigenvalue weighted by molar-refractivity contribution is 5.96. The van der Waals surface area contributed by atoms with Crippen molar-refractivity contribution in [1.29, 1.82) is 0 Å². The lowest BCUT2D eigenvalue weighted by Crippen LogP contribution is -2.46. The second kappa shape index (κ2) is 5.22. The molecule has 1 aliphatic heterocycles. The molecule has 6 heteroatoms. The second-order valence-electron chi connectivity index (χ2n) is 4.27. The summed E-state index contributed by atoms with van der Waals surface area (Å²) in [5.41, 5.74) is 5.12. The van der Waals surface area contributed by atoms with Crippen molar-refractivity contribution in [3.8, 4) is 0 Å². The summed E-state index contributed by atoms with van der Waals surface area (Å²) < 4.78 is 10.4. The van der Waals surface area contributed by atoms with Gasteiger partial charge < -0.3 is 9.15 Å². The van der Waals surface area contributed by atoms with Crippen LogP contribution in [0.1, 0.15) is 34.7 Å². The van der Waals surface area contributed by atoms with Gasteiger partial charge in [-0.3, -0.25) is 20.4 Å². The minimum absolute atomic E-state index is 0.321. The second-order valence-corrected chi connectivity index (χ2v) is 4.27. The number of amides is 2. The summed E-state index contributed by atoms with van der Waals surface area (Å²) in [6, 6.07) is 1.63. The number of ether oxygens (including phenoxy) is 1. The van der Waals surface area contributed by atoms with Crippen molar-refractivity contribution in [2.24, 2.45) is 0 Å². The quantitative estimate of drug-likeness (QED) is 0.764. The zero-order valence-electron chi connectivity index (χ0n) is 10.4. The van der Waals surface area contributed by atoms with Crippen LogP contribution in [0.4, 0.5) is 0 Å². The van der Waals surface area contributed by atoms with E-state index in [9.17, 15) is 9.59 Å². The Morgan fingerprint density at radius 1 is 1.33 bits per heavy atom. The number of hydrogen-bond acceptors (Lipinski definition) is 4. The molecule has 98 valence electrons. The standard InChI is InChI=1S/C12H16N2O4/c1-7-6-9(8(2)18-7)11(15)13-14-12(16)10-4-3-5-17-10/h6,10H,3-5H2,1-2H3,(H,13,15)(H,14,16). The van der Waals surface area contributed by atoms with Crippen LogP contribution >= 0.6 is 0 Å². The van der Waals surface area contributed by atoms with Gasteiger partial charge in [-0.05, 0) is 32.8 Å². The Labute approximate surface area is 105 Å². The number of hydrazine groups is 1. The molecule has 2 amide bonds. The molecule has 1 aromatic heterocycles. The molecule has 6 nitrogen and oxygen atoms in total. The summed E-state index contributed by atoms with van der Waals surface area (Å²) in [5, 5.41) is 0. The summed E-state index contributed by atoms with van der Waals surface area (Å²) in [6.07, 6.45) is 1.09. The SMILES string of the molecule is Cc1cc(C(=O)NNC(=O)C2CCCO2)c(C)o1. The van der Waals surface area contributed by atoms with Crippen molar-refractivity contribution in [2.45, 2.75) is 32.8 Å². The molecule has 2 rings (SSSR count). The van der Waals surface area contributed by atoms with Gasteiger partial charge in [-0.1, -0.05) is 0 Å². The fourth-order valence-corrected chi connectivity index (χ4v) is 1.91. The van der Waals surface area contributed by atoms with Gasteiger partial charge in [-0.2, -0.15) is 0 Å². The first-order valence-electron chi connectivity index (χ1n) is 5.87. The molecular formula is C12H16N2O4. The van der Waals surface area contributed by atoms with Gasteiger partial charge in [0.25, 0.3) is 11.8 Å². The Kier molecular flexibility index (Phi) is 3.66. The largest absolute Gasteiger partial charge is 0.466 e. The van der Waals surface area contributed by atoms with Gasteiger partial charge in [0.2, 0.25) is 0 Å². The van der Waals surface area contributed by atoms with Crippen molar-refractivity contribution in [3.05, 3.63) is 23.2 Å². The number of hydrogen-bond donors (Lipinski definition) is 2. The minimum Gasteiger partial charge on any atom is -0.466 e. The maximum absolute atomic E-state index is 11.8. The molecule has 2 N–H and O–H groups in total. The normalized spacial score (nSPS) is 18.7. The molecule has 0 aliphatic carbocycles. The van der Waals surface area contributed by atoms with E-state index in [1.54, 1.807) is 19.9 Å². The lowest BCUT2D eigenvalue weighted by atomic mass is 10.2. The summed E-state index contributed by atoms with van der Waals surface area (Å²) in [4.78, 5) is 23.4. The molecule has 0 saturated carbocycles. The summed E-state index contributed by atoms with van der Waals surface area (Å²) in [7, 11) is 0. The van der Waals surface area contributed by atoms with Crippen molar-refractivity contribution >= 4 is 11.8 Å². The molecular weight excluding hydrogens is 236 g/mol. The Morgan fingerprint density at radius 3 is 2.67 bits per heavy atom. The number of carbonyl (C=O) groups excluding carboxylic acids is 2. The number of rotatable bonds is 2. The molecule has 0 bridgehead atoms. The number of nitrogens with one attached hydrogen (secondary N) is 2. The minimum atomic E-state index is -0.461. The van der Waals surface area contributed by atoms with Gasteiger partial charge in [0, 0.05) is 6.61 Å². The molecule has 0 spiro atoms. The molecule has 0 aromatic carbocycles. The predicted octanol–water partition coefficient (Wildman–Crippen LogP) is 0.836. The third kappa shape index (κ3) is 2.70. The third-order valence-corrected chi connectivity index (χ3v) is 2.81. The Morgan fingerprint density at radius 2 is 2.11 bits per heavy atom. The summed E-state index contributed by atoms with van der Waals surface area (Å²) in [5.74, 6) is 0.467. The highest BCUT2D eigenvalue weighted by Gasteiger charge is 2.24. The van der Waals surface area contributed by atoms with Crippen LogP contribution in [-0.4, -0.2) is 24.5 Å². The van der Waals surface area contributed by atoms with E-state index in [-0.39, 0.29) is 5.91 Å². The average molecular weight is 252 g/mol. The van der Waals surface area contributed by atoms with Crippen LogP contribution in [0.15, 0.2) is 10.5 Å². The number of carbonyl (C=O) groups is 2. The smallest absolute Gasteiger partial charge is 0.273 e. The van der Waals surface area contributed by atoms with Crippen LogP contribution in [0.5, 0.6) is 0 Å². The topological polar surface area (TPSA) is 80.6 Å². The zero-order valence-corrected chi connectivity index (χ0v) is 10.4. The van der Waals surface area contributed by atoms with E-state index < -0.39 is 12.0 Å². The Balaban J connectivity index is 1.88. The van der Waals surface area contributed by atoms with Gasteiger partial charge in [-0.25, -0.2) is 0 Å². The lowest BCUT2D eigenvalue weighted by molar-refractivity contribution is -0.130. The van der Waals surface area contributed by atoms with E-state index in [1.165, 1.54) is 0 Å². The van der Waals surface area contributed by atoms with Crippen molar-refractivity contribution in [2.75, 3.05) is 6.61 Å².